The predicted octanol–water partition coefficient (Wildman–Crippen LogP) is 6.53. The Hall–Kier alpha value is -6.65. The lowest BCUT2D eigenvalue weighted by molar-refractivity contribution is -0.120. The van der Waals surface area contributed by atoms with Crippen molar-refractivity contribution in [1.82, 2.24) is 55.0 Å². The average Bonchev–Trinajstić information content (AvgIpc) is 3.98. The topological polar surface area (TPSA) is 201 Å². The Balaban J connectivity index is 0.692. The maximum atomic E-state index is 14.4. The number of sulfone groups is 1. The van der Waals surface area contributed by atoms with E-state index in [1.165, 1.54) is 18.5 Å². The lowest BCUT2D eigenvalue weighted by Gasteiger charge is -2.46. The quantitative estimate of drug-likeness (QED) is 0.0883. The third kappa shape index (κ3) is 12.2. The minimum Gasteiger partial charge on any atom is -0.492 e. The molecule has 0 bridgehead atoms. The molecule has 3 N–H and O–H groups in total. The molecule has 4 aromatic heterocycles. The van der Waals surface area contributed by atoms with Gasteiger partial charge in [0.1, 0.15) is 40.2 Å². The summed E-state index contributed by atoms with van der Waals surface area (Å²) in [5.74, 6) is 2.00. The van der Waals surface area contributed by atoms with Gasteiger partial charge in [0.25, 0.3) is 5.91 Å². The molecule has 0 saturated carbocycles. The second kappa shape index (κ2) is 23.1. The van der Waals surface area contributed by atoms with E-state index in [0.29, 0.717) is 86.8 Å². The predicted molar refractivity (Wildman–Crippen MR) is 309 cm³/mol. The molecule has 1 unspecified atom stereocenters. The number of halogens is 1. The summed E-state index contributed by atoms with van der Waals surface area (Å²) in [6, 6.07) is 16.4. The van der Waals surface area contributed by atoms with Crippen molar-refractivity contribution in [3.05, 3.63) is 113 Å². The molecule has 3 atom stereocenters. The maximum Gasteiger partial charge on any atom is 0.255 e. The van der Waals surface area contributed by atoms with Crippen LogP contribution >= 0.6 is 0 Å². The maximum absolute atomic E-state index is 14.4. The number of aromatic amines is 1. The first-order valence-corrected chi connectivity index (χ1v) is 29.5. The van der Waals surface area contributed by atoms with Crippen LogP contribution in [0.25, 0.3) is 10.9 Å². The molecule has 4 aliphatic heterocycles. The number of aromatic nitrogens is 6. The van der Waals surface area contributed by atoms with Crippen molar-refractivity contribution in [2.75, 3.05) is 107 Å². The van der Waals surface area contributed by atoms with Crippen molar-refractivity contribution < 1.29 is 27.1 Å². The Kier molecular flexibility index (Phi) is 16.3. The summed E-state index contributed by atoms with van der Waals surface area (Å²) in [6.07, 6.45) is 6.29. The lowest BCUT2D eigenvalue weighted by Crippen LogP contribution is -2.63. The van der Waals surface area contributed by atoms with Crippen LogP contribution in [0, 0.1) is 19.7 Å². The van der Waals surface area contributed by atoms with Crippen LogP contribution in [-0.2, 0) is 26.5 Å². The zero-order chi connectivity index (χ0) is 56.7. The molecule has 0 radical (unpaired) electrons. The number of aryl methyl sites for hydroxylation is 1. The molecule has 3 saturated heterocycles. The number of fused-ring (bicyclic) bond motifs is 2. The van der Waals surface area contributed by atoms with Crippen molar-refractivity contribution in [3.8, 4) is 5.75 Å². The smallest absolute Gasteiger partial charge is 0.255 e. The zero-order valence-corrected chi connectivity index (χ0v) is 48.5. The van der Waals surface area contributed by atoms with Crippen molar-refractivity contribution in [1.29, 1.82) is 0 Å². The van der Waals surface area contributed by atoms with E-state index in [1.54, 1.807) is 51.2 Å². The highest BCUT2D eigenvalue weighted by atomic mass is 32.2. The summed E-state index contributed by atoms with van der Waals surface area (Å²) >= 11 is 0. The van der Waals surface area contributed by atoms with Gasteiger partial charge in [0.15, 0.2) is 9.84 Å². The van der Waals surface area contributed by atoms with E-state index in [9.17, 15) is 22.4 Å². The molecule has 0 aliphatic carbocycles. The number of nitrogens with one attached hydrogen (secondary N) is 3. The van der Waals surface area contributed by atoms with Gasteiger partial charge in [-0.2, -0.15) is 5.10 Å². The number of rotatable bonds is 16. The Bertz CT molecular complexity index is 3330. The van der Waals surface area contributed by atoms with Gasteiger partial charge >= 0.3 is 0 Å². The summed E-state index contributed by atoms with van der Waals surface area (Å²) < 4.78 is 46.8. The molecule has 0 spiro atoms. The highest BCUT2D eigenvalue weighted by Gasteiger charge is 2.42. The van der Waals surface area contributed by atoms with E-state index < -0.39 is 14.6 Å². The highest BCUT2D eigenvalue weighted by molar-refractivity contribution is 7.92. The van der Waals surface area contributed by atoms with Gasteiger partial charge in [-0.3, -0.25) is 34.4 Å². The molecule has 6 aromatic rings. The fraction of sp³-hybridized carbons (Fsp3) is 0.508. The number of carbonyl (C=O) groups excluding carboxylic acids is 2. The molecule has 4 aliphatic rings. The van der Waals surface area contributed by atoms with E-state index in [-0.39, 0.29) is 51.8 Å². The van der Waals surface area contributed by atoms with E-state index in [1.807, 2.05) is 42.0 Å². The minimum atomic E-state index is -3.83. The molecular weight excluding hydrogens is 1040 g/mol. The van der Waals surface area contributed by atoms with Gasteiger partial charge in [-0.15, -0.1) is 0 Å². The number of hydrogen-bond acceptors (Lipinski definition) is 16. The molecule has 21 heteroatoms. The standard InChI is InChI=1S/C59H77FN14O5S/c1-38-32-73(35-53(75)74-36-59(8,9)54-49(74)26-43(29-63-54)25-42-11-14-45(60)15-12-42)46(31-61-38)34-71-22-23-72(33-39(71)2)52-16-13-44(30-62-52)57(76)70-20-18-69(19-21-70)17-10-24-79-50-28-48-47(27-51(50)80(77,78)58(5,6)7)56(65-37-64-48)66-55-40(3)41(4)67-68-55/h11-16,26-30,37-39,46,61H,10,17-25,31-36H2,1-9H3,(H2,64,65,66,67,68)/t38-,39?,46-/m1/s1. The van der Waals surface area contributed by atoms with Gasteiger partial charge in [-0.1, -0.05) is 26.0 Å². The minimum absolute atomic E-state index is 0.0366. The number of benzene rings is 2. The Labute approximate surface area is 469 Å². The fourth-order valence-electron chi connectivity index (χ4n) is 11.4. The number of pyridine rings is 2. The molecule has 2 aromatic carbocycles. The van der Waals surface area contributed by atoms with Crippen molar-refractivity contribution >= 4 is 55.7 Å². The Morgan fingerprint density at radius 1 is 0.887 bits per heavy atom. The zero-order valence-electron chi connectivity index (χ0n) is 47.7. The number of H-pyrrole nitrogens is 1. The number of ether oxygens (including phenoxy) is 1. The fourth-order valence-corrected chi connectivity index (χ4v) is 12.7. The monoisotopic (exact) mass is 1110 g/mol. The first-order chi connectivity index (χ1) is 38.1. The van der Waals surface area contributed by atoms with Gasteiger partial charge in [0, 0.05) is 131 Å². The lowest BCUT2D eigenvalue weighted by atomic mass is 9.91. The molecule has 10 rings (SSSR count). The van der Waals surface area contributed by atoms with Crippen LogP contribution in [0.3, 0.4) is 0 Å². The van der Waals surface area contributed by atoms with Gasteiger partial charge in [-0.25, -0.2) is 27.8 Å². The highest BCUT2D eigenvalue weighted by Crippen LogP contribution is 2.41. The largest absolute Gasteiger partial charge is 0.492 e. The summed E-state index contributed by atoms with van der Waals surface area (Å²) in [5, 5.41) is 14.7. The number of hydrogen-bond donors (Lipinski definition) is 3. The van der Waals surface area contributed by atoms with Crippen LogP contribution in [0.4, 0.5) is 27.5 Å². The SMILES string of the molecule is Cc1n[nH]c(Nc2ncnc3cc(OCCCN4CCN(C(=O)c5ccc(N6CCN(C[C@H]7CN[C@H](C)CN7CC(=O)N7CC(C)(C)c8ncc(Cc9ccc(F)cc9)cc87)C(C)C6)nc5)CC4)c(S(=O)(=O)C(C)(C)C)cc23)c1C. The summed E-state index contributed by atoms with van der Waals surface area (Å²) in [7, 11) is -3.83. The van der Waals surface area contributed by atoms with Crippen molar-refractivity contribution in [3.63, 3.8) is 0 Å². The van der Waals surface area contributed by atoms with Gasteiger partial charge in [-0.05, 0) is 109 Å². The summed E-state index contributed by atoms with van der Waals surface area (Å²) in [4.78, 5) is 60.1. The second-order valence-corrected chi connectivity index (χ2v) is 26.6. The third-order valence-corrected chi connectivity index (χ3v) is 19.0. The molecular formula is C59H77FN14O5S. The Morgan fingerprint density at radius 2 is 1.66 bits per heavy atom. The molecule has 8 heterocycles. The van der Waals surface area contributed by atoms with Crippen molar-refractivity contribution in [2.45, 2.75) is 108 Å². The van der Waals surface area contributed by atoms with E-state index in [0.717, 1.165) is 85.4 Å². The molecule has 3 fully saturated rings. The van der Waals surface area contributed by atoms with Gasteiger partial charge < -0.3 is 30.1 Å². The molecule has 2 amide bonds. The van der Waals surface area contributed by atoms with Crippen LogP contribution < -0.4 is 25.2 Å². The number of amides is 2. The average molecular weight is 1110 g/mol. The van der Waals surface area contributed by atoms with Crippen LogP contribution in [-0.4, -0.2) is 185 Å². The first kappa shape index (κ1) is 56.6. The van der Waals surface area contributed by atoms with Gasteiger partial charge in [0.05, 0.1) is 46.1 Å². The number of nitrogens with zero attached hydrogens (tertiary/aromatic N) is 11. The van der Waals surface area contributed by atoms with E-state index >= 15 is 0 Å². The normalized spacial score (nSPS) is 20.3. The van der Waals surface area contributed by atoms with E-state index in [2.05, 4.69) is 84.2 Å². The van der Waals surface area contributed by atoms with E-state index in [4.69, 9.17) is 14.7 Å². The van der Waals surface area contributed by atoms with Crippen molar-refractivity contribution in [2.24, 2.45) is 0 Å². The van der Waals surface area contributed by atoms with Crippen LogP contribution in [0.2, 0.25) is 0 Å². The third-order valence-electron chi connectivity index (χ3n) is 16.5. The van der Waals surface area contributed by atoms with Crippen LogP contribution in [0.5, 0.6) is 5.75 Å². The van der Waals surface area contributed by atoms with Gasteiger partial charge in [0.2, 0.25) is 5.91 Å². The Morgan fingerprint density at radius 3 is 2.36 bits per heavy atom. The van der Waals surface area contributed by atoms with Crippen LogP contribution in [0.15, 0.2) is 78.2 Å². The first-order valence-electron chi connectivity index (χ1n) is 28.0. The van der Waals surface area contributed by atoms with Crippen LogP contribution in [0.1, 0.15) is 93.3 Å². The summed E-state index contributed by atoms with van der Waals surface area (Å²) in [6.45, 7) is 26.9. The number of anilines is 4. The molecule has 19 nitrogen and oxygen atoms in total. The molecule has 80 heavy (non-hydrogen) atoms. The number of carbonyl (C=O) groups is 2. The summed E-state index contributed by atoms with van der Waals surface area (Å²) in [5.41, 5.74) is 6.37. The second-order valence-electron chi connectivity index (χ2n) is 23.9. The molecule has 426 valence electrons. The number of piperazine rings is 3.